The number of H-pyrrole nitrogens is 1. The van der Waals surface area contributed by atoms with Gasteiger partial charge in [-0.15, -0.1) is 0 Å². The fourth-order valence-corrected chi connectivity index (χ4v) is 5.32. The molecule has 6 heteroatoms. The van der Waals surface area contributed by atoms with Crippen molar-refractivity contribution < 1.29 is 8.95 Å². The van der Waals surface area contributed by atoms with E-state index in [1.807, 2.05) is 18.3 Å². The Morgan fingerprint density at radius 1 is 1.27 bits per heavy atom. The van der Waals surface area contributed by atoms with E-state index in [-0.39, 0.29) is 0 Å². The molecule has 4 rings (SSSR count). The fourth-order valence-electron chi connectivity index (χ4n) is 4.66. The van der Waals surface area contributed by atoms with Gasteiger partial charge in [0.25, 0.3) is 0 Å². The maximum Gasteiger partial charge on any atom is 0.124 e. The number of nitrogens with one attached hydrogen (secondary N) is 2. The van der Waals surface area contributed by atoms with Gasteiger partial charge in [-0.2, -0.15) is 0 Å². The standard InChI is InChI=1S/C24H31N3O2S/c1-16-10-12-27(22(13-16)18-5-7-19(8-6-18)30(4,25)28)15-21-20-9-11-26-24(20)17(2)14-23(21)29-3/h5-9,11,14,16,22,25-26H,10,12-13,15H2,1-4H3/t16-,22+,30?/m1/s1. The highest BCUT2D eigenvalue weighted by Crippen LogP contribution is 2.38. The number of methoxy groups -OCH3 is 1. The van der Waals surface area contributed by atoms with E-state index in [0.29, 0.717) is 16.9 Å². The van der Waals surface area contributed by atoms with Gasteiger partial charge in [0.05, 0.1) is 16.8 Å². The molecule has 3 aromatic rings. The number of rotatable bonds is 5. The number of likely N-dealkylation sites (tertiary alicyclic amines) is 1. The van der Waals surface area contributed by atoms with Crippen molar-refractivity contribution >= 4 is 20.6 Å². The molecule has 30 heavy (non-hydrogen) atoms. The molecule has 160 valence electrons. The summed E-state index contributed by atoms with van der Waals surface area (Å²) in [5.74, 6) is 1.59. The van der Waals surface area contributed by atoms with Crippen molar-refractivity contribution in [1.82, 2.24) is 9.88 Å². The molecule has 1 aliphatic heterocycles. The van der Waals surface area contributed by atoms with Gasteiger partial charge in [-0.25, -0.2) is 8.99 Å². The molecule has 2 heterocycles. The molecule has 2 aromatic carbocycles. The zero-order valence-corrected chi connectivity index (χ0v) is 19.0. The van der Waals surface area contributed by atoms with Gasteiger partial charge in [0.2, 0.25) is 0 Å². The molecule has 0 bridgehead atoms. The summed E-state index contributed by atoms with van der Waals surface area (Å²) in [4.78, 5) is 6.50. The van der Waals surface area contributed by atoms with Crippen LogP contribution < -0.4 is 4.74 Å². The SMILES string of the molecule is COc1cc(C)c2[nH]ccc2c1CN1CC[C@@H](C)C[C@H]1c1ccc(S(C)(=N)=O)cc1. The summed E-state index contributed by atoms with van der Waals surface area (Å²) in [5.41, 5.74) is 4.81. The fraction of sp³-hybridized carbons (Fsp3) is 0.417. The molecular formula is C24H31N3O2S. The molecule has 1 aromatic heterocycles. The van der Waals surface area contributed by atoms with Gasteiger partial charge in [-0.1, -0.05) is 19.1 Å². The normalized spacial score (nSPS) is 22.1. The van der Waals surface area contributed by atoms with Gasteiger partial charge in [0.1, 0.15) is 5.75 Å². The van der Waals surface area contributed by atoms with Gasteiger partial charge in [0, 0.05) is 46.4 Å². The first-order chi connectivity index (χ1) is 14.3. The van der Waals surface area contributed by atoms with Crippen molar-refractivity contribution in [3.05, 3.63) is 59.3 Å². The molecule has 1 aliphatic rings. The highest BCUT2D eigenvalue weighted by molar-refractivity contribution is 7.91. The first-order valence-corrected chi connectivity index (χ1v) is 12.5. The third-order valence-electron chi connectivity index (χ3n) is 6.38. The van der Waals surface area contributed by atoms with Crippen molar-refractivity contribution in [2.24, 2.45) is 5.92 Å². The van der Waals surface area contributed by atoms with E-state index in [2.05, 4.69) is 48.0 Å². The average Bonchev–Trinajstić information content (AvgIpc) is 3.21. The molecule has 3 atom stereocenters. The predicted octanol–water partition coefficient (Wildman–Crippen LogP) is 5.49. The third kappa shape index (κ3) is 3.98. The van der Waals surface area contributed by atoms with Gasteiger partial charge < -0.3 is 9.72 Å². The first kappa shape index (κ1) is 20.9. The highest BCUT2D eigenvalue weighted by Gasteiger charge is 2.29. The summed E-state index contributed by atoms with van der Waals surface area (Å²) in [7, 11) is -0.943. The van der Waals surface area contributed by atoms with E-state index in [1.165, 1.54) is 40.3 Å². The minimum absolute atomic E-state index is 0.293. The smallest absolute Gasteiger partial charge is 0.124 e. The lowest BCUT2D eigenvalue weighted by Gasteiger charge is -2.39. The minimum Gasteiger partial charge on any atom is -0.496 e. The Bertz CT molecular complexity index is 1150. The summed E-state index contributed by atoms with van der Waals surface area (Å²) in [6.07, 6.45) is 5.74. The number of hydrogen-bond acceptors (Lipinski definition) is 4. The van der Waals surface area contributed by atoms with Crippen LogP contribution >= 0.6 is 0 Å². The van der Waals surface area contributed by atoms with Crippen molar-refractivity contribution in [2.45, 2.75) is 44.2 Å². The summed E-state index contributed by atoms with van der Waals surface area (Å²) >= 11 is 0. The largest absolute Gasteiger partial charge is 0.496 e. The zero-order chi connectivity index (χ0) is 21.5. The van der Waals surface area contributed by atoms with Crippen LogP contribution in [0.1, 0.15) is 42.5 Å². The summed E-state index contributed by atoms with van der Waals surface area (Å²) in [6.45, 7) is 6.27. The van der Waals surface area contributed by atoms with Crippen molar-refractivity contribution in [2.75, 3.05) is 19.9 Å². The quantitative estimate of drug-likeness (QED) is 0.568. The van der Waals surface area contributed by atoms with E-state index in [1.54, 1.807) is 7.11 Å². The molecule has 0 radical (unpaired) electrons. The summed E-state index contributed by atoms with van der Waals surface area (Å²) in [5, 5.41) is 1.22. The van der Waals surface area contributed by atoms with Crippen molar-refractivity contribution in [1.29, 1.82) is 4.78 Å². The van der Waals surface area contributed by atoms with Gasteiger partial charge in [-0.05, 0) is 67.6 Å². The molecule has 1 unspecified atom stereocenters. The Kier molecular flexibility index (Phi) is 5.64. The number of nitrogens with zero attached hydrogens (tertiary/aromatic N) is 1. The van der Waals surface area contributed by atoms with Crippen LogP contribution in [0.15, 0.2) is 47.5 Å². The lowest BCUT2D eigenvalue weighted by atomic mass is 9.87. The molecule has 1 fully saturated rings. The van der Waals surface area contributed by atoms with E-state index < -0.39 is 9.73 Å². The Morgan fingerprint density at radius 3 is 2.67 bits per heavy atom. The minimum atomic E-state index is -2.69. The number of ether oxygens (including phenoxy) is 1. The number of aromatic nitrogens is 1. The van der Waals surface area contributed by atoms with Crippen LogP contribution in [0.25, 0.3) is 10.9 Å². The summed E-state index contributed by atoms with van der Waals surface area (Å²) in [6, 6.07) is 12.4. The molecule has 0 amide bonds. The van der Waals surface area contributed by atoms with Crippen molar-refractivity contribution in [3.8, 4) is 5.75 Å². The molecule has 0 aliphatic carbocycles. The van der Waals surface area contributed by atoms with Crippen LogP contribution in [0.2, 0.25) is 0 Å². The lowest BCUT2D eigenvalue weighted by Crippen LogP contribution is -2.36. The molecule has 0 saturated carbocycles. The van der Waals surface area contributed by atoms with Gasteiger partial charge in [-0.3, -0.25) is 4.90 Å². The number of fused-ring (bicyclic) bond motifs is 1. The maximum absolute atomic E-state index is 12.1. The van der Waals surface area contributed by atoms with Crippen LogP contribution in [0.3, 0.4) is 0 Å². The Hall–Kier alpha value is -2.31. The maximum atomic E-state index is 12.1. The first-order valence-electron chi connectivity index (χ1n) is 10.5. The summed E-state index contributed by atoms with van der Waals surface area (Å²) < 4.78 is 25.7. The van der Waals surface area contributed by atoms with Crippen molar-refractivity contribution in [3.63, 3.8) is 0 Å². The van der Waals surface area contributed by atoms with Crippen LogP contribution in [-0.2, 0) is 16.3 Å². The number of benzene rings is 2. The number of aryl methyl sites for hydroxylation is 1. The third-order valence-corrected chi connectivity index (χ3v) is 7.55. The van der Waals surface area contributed by atoms with Gasteiger partial charge >= 0.3 is 0 Å². The molecule has 1 saturated heterocycles. The Morgan fingerprint density at radius 2 is 2.00 bits per heavy atom. The number of aromatic amines is 1. The van der Waals surface area contributed by atoms with E-state index in [4.69, 9.17) is 9.52 Å². The monoisotopic (exact) mass is 425 g/mol. The second-order valence-electron chi connectivity index (χ2n) is 8.67. The van der Waals surface area contributed by atoms with E-state index in [9.17, 15) is 4.21 Å². The van der Waals surface area contributed by atoms with E-state index in [0.717, 1.165) is 25.3 Å². The Balaban J connectivity index is 1.70. The Labute approximate surface area is 179 Å². The number of piperidine rings is 1. The topological polar surface area (TPSA) is 69.2 Å². The van der Waals surface area contributed by atoms with Crippen LogP contribution in [0, 0.1) is 17.6 Å². The molecule has 0 spiro atoms. The average molecular weight is 426 g/mol. The van der Waals surface area contributed by atoms with E-state index >= 15 is 0 Å². The highest BCUT2D eigenvalue weighted by atomic mass is 32.2. The van der Waals surface area contributed by atoms with Crippen LogP contribution in [0.4, 0.5) is 0 Å². The van der Waals surface area contributed by atoms with Crippen LogP contribution in [-0.4, -0.2) is 34.0 Å². The predicted molar refractivity (Wildman–Crippen MR) is 123 cm³/mol. The molecule has 5 nitrogen and oxygen atoms in total. The second kappa shape index (κ2) is 8.08. The second-order valence-corrected chi connectivity index (χ2v) is 10.8. The number of hydrogen-bond donors (Lipinski definition) is 2. The van der Waals surface area contributed by atoms with Gasteiger partial charge in [0.15, 0.2) is 0 Å². The molecule has 2 N–H and O–H groups in total. The van der Waals surface area contributed by atoms with Crippen LogP contribution in [0.5, 0.6) is 5.75 Å². The molecular weight excluding hydrogens is 394 g/mol. The zero-order valence-electron chi connectivity index (χ0n) is 18.2. The lowest BCUT2D eigenvalue weighted by molar-refractivity contribution is 0.110.